The largest absolute Gasteiger partial charge is 0.490 e. The lowest BCUT2D eigenvalue weighted by atomic mass is 9.89. The Bertz CT molecular complexity index is 573. The molecule has 3 heteroatoms. The molecule has 1 aromatic heterocycles. The Morgan fingerprint density at radius 3 is 2.67 bits per heavy atom. The van der Waals surface area contributed by atoms with Crippen LogP contribution in [-0.2, 0) is 0 Å². The van der Waals surface area contributed by atoms with Crippen molar-refractivity contribution in [3.8, 4) is 5.75 Å². The lowest BCUT2D eigenvalue weighted by Gasteiger charge is -2.13. The zero-order valence-electron chi connectivity index (χ0n) is 11.2. The Labute approximate surface area is 107 Å². The molecule has 2 rings (SSSR count). The van der Waals surface area contributed by atoms with Crippen LogP contribution in [0, 0.1) is 5.41 Å². The number of carbonyl (C=O) groups is 1. The maximum Gasteiger partial charge on any atom is 0.203 e. The number of ether oxygens (including phenoxy) is 1. The van der Waals surface area contributed by atoms with E-state index in [1.54, 1.807) is 6.07 Å². The minimum atomic E-state index is -0.445. The quantitative estimate of drug-likeness (QED) is 0.767. The van der Waals surface area contributed by atoms with Crippen molar-refractivity contribution < 1.29 is 13.9 Å². The van der Waals surface area contributed by atoms with Gasteiger partial charge in [0.25, 0.3) is 0 Å². The molecule has 0 saturated heterocycles. The van der Waals surface area contributed by atoms with Gasteiger partial charge in [0.1, 0.15) is 0 Å². The van der Waals surface area contributed by atoms with E-state index in [0.29, 0.717) is 23.7 Å². The summed E-state index contributed by atoms with van der Waals surface area (Å²) >= 11 is 0. The van der Waals surface area contributed by atoms with Gasteiger partial charge < -0.3 is 9.15 Å². The third-order valence-corrected chi connectivity index (χ3v) is 2.71. The van der Waals surface area contributed by atoms with Crippen LogP contribution in [0.15, 0.2) is 28.7 Å². The number of benzene rings is 1. The molecule has 0 atom stereocenters. The summed E-state index contributed by atoms with van der Waals surface area (Å²) in [5.74, 6) is 1.08. The van der Waals surface area contributed by atoms with Crippen LogP contribution >= 0.6 is 0 Å². The topological polar surface area (TPSA) is 39.4 Å². The number of fused-ring (bicyclic) bond motifs is 1. The van der Waals surface area contributed by atoms with E-state index < -0.39 is 5.41 Å². The molecule has 0 aliphatic rings. The molecule has 2 aromatic rings. The molecule has 18 heavy (non-hydrogen) atoms. The van der Waals surface area contributed by atoms with Crippen molar-refractivity contribution >= 4 is 16.8 Å². The molecule has 0 saturated carbocycles. The van der Waals surface area contributed by atoms with E-state index in [-0.39, 0.29) is 5.78 Å². The summed E-state index contributed by atoms with van der Waals surface area (Å²) in [6, 6.07) is 7.45. The number of Topliss-reactive ketones (excluding diaryl/α,β-unsaturated/α-hetero) is 1. The molecule has 0 N–H and O–H groups in total. The maximum atomic E-state index is 12.2. The molecule has 96 valence electrons. The van der Waals surface area contributed by atoms with Crippen LogP contribution in [0.5, 0.6) is 5.75 Å². The number of furan rings is 1. The molecule has 0 spiro atoms. The number of ketones is 1. The predicted octanol–water partition coefficient (Wildman–Crippen LogP) is 4.06. The summed E-state index contributed by atoms with van der Waals surface area (Å²) < 4.78 is 11.2. The first-order valence-corrected chi connectivity index (χ1v) is 6.13. The summed E-state index contributed by atoms with van der Waals surface area (Å²) in [6.45, 7) is 8.13. The van der Waals surface area contributed by atoms with Gasteiger partial charge >= 0.3 is 0 Å². The van der Waals surface area contributed by atoms with Crippen molar-refractivity contribution in [1.82, 2.24) is 0 Å². The first-order valence-electron chi connectivity index (χ1n) is 6.13. The Balaban J connectivity index is 2.50. The molecule has 0 fully saturated rings. The van der Waals surface area contributed by atoms with Gasteiger partial charge in [0.05, 0.1) is 6.61 Å². The van der Waals surface area contributed by atoms with Crippen molar-refractivity contribution in [2.45, 2.75) is 27.7 Å². The Morgan fingerprint density at radius 2 is 2.06 bits per heavy atom. The lowest BCUT2D eigenvalue weighted by molar-refractivity contribution is 0.0830. The summed E-state index contributed by atoms with van der Waals surface area (Å²) in [5, 5.41) is 0.897. The normalized spacial score (nSPS) is 11.8. The summed E-state index contributed by atoms with van der Waals surface area (Å²) in [5.41, 5.74) is 0.201. The Kier molecular flexibility index (Phi) is 3.16. The third-order valence-electron chi connectivity index (χ3n) is 2.71. The van der Waals surface area contributed by atoms with E-state index in [1.807, 2.05) is 45.9 Å². The summed E-state index contributed by atoms with van der Waals surface area (Å²) in [4.78, 5) is 12.2. The molecule has 0 aliphatic carbocycles. The van der Waals surface area contributed by atoms with Crippen molar-refractivity contribution in [1.29, 1.82) is 0 Å². The number of carbonyl (C=O) groups excluding carboxylic acids is 1. The molecular formula is C15H18O3. The van der Waals surface area contributed by atoms with E-state index in [9.17, 15) is 4.79 Å². The minimum Gasteiger partial charge on any atom is -0.490 e. The highest BCUT2D eigenvalue weighted by Crippen LogP contribution is 2.31. The van der Waals surface area contributed by atoms with Gasteiger partial charge in [-0.15, -0.1) is 0 Å². The van der Waals surface area contributed by atoms with Gasteiger partial charge in [-0.05, 0) is 19.1 Å². The summed E-state index contributed by atoms with van der Waals surface area (Å²) in [7, 11) is 0. The van der Waals surface area contributed by atoms with Gasteiger partial charge in [0.2, 0.25) is 5.78 Å². The van der Waals surface area contributed by atoms with Crippen LogP contribution in [0.3, 0.4) is 0 Å². The second kappa shape index (κ2) is 4.48. The zero-order chi connectivity index (χ0) is 13.3. The molecule has 0 bridgehead atoms. The van der Waals surface area contributed by atoms with Crippen LogP contribution in [0.1, 0.15) is 38.2 Å². The zero-order valence-corrected chi connectivity index (χ0v) is 11.2. The lowest BCUT2D eigenvalue weighted by Crippen LogP contribution is -2.19. The van der Waals surface area contributed by atoms with Gasteiger partial charge in [0, 0.05) is 10.8 Å². The number of hydrogen-bond acceptors (Lipinski definition) is 3. The smallest absolute Gasteiger partial charge is 0.203 e. The predicted molar refractivity (Wildman–Crippen MR) is 71.2 cm³/mol. The molecule has 1 aromatic carbocycles. The van der Waals surface area contributed by atoms with E-state index in [4.69, 9.17) is 9.15 Å². The molecule has 0 unspecified atom stereocenters. The van der Waals surface area contributed by atoms with Gasteiger partial charge in [-0.2, -0.15) is 0 Å². The molecule has 0 amide bonds. The average Bonchev–Trinajstić information content (AvgIpc) is 2.71. The SMILES string of the molecule is CCOc1cccc2cc(C(=O)C(C)(C)C)oc12. The monoisotopic (exact) mass is 246 g/mol. The van der Waals surface area contributed by atoms with Crippen molar-refractivity contribution in [2.24, 2.45) is 5.41 Å². The number of rotatable bonds is 3. The van der Waals surface area contributed by atoms with Crippen LogP contribution in [0.2, 0.25) is 0 Å². The van der Waals surface area contributed by atoms with E-state index in [1.165, 1.54) is 0 Å². The van der Waals surface area contributed by atoms with E-state index >= 15 is 0 Å². The van der Waals surface area contributed by atoms with Crippen molar-refractivity contribution in [3.05, 3.63) is 30.0 Å². The minimum absolute atomic E-state index is 0.00106. The number of para-hydroxylation sites is 1. The van der Waals surface area contributed by atoms with E-state index in [2.05, 4.69) is 0 Å². The molecule has 3 nitrogen and oxygen atoms in total. The Hall–Kier alpha value is -1.77. The highest BCUT2D eigenvalue weighted by molar-refractivity contribution is 6.01. The van der Waals surface area contributed by atoms with Gasteiger partial charge in [-0.25, -0.2) is 0 Å². The van der Waals surface area contributed by atoms with Crippen molar-refractivity contribution in [2.75, 3.05) is 6.61 Å². The maximum absolute atomic E-state index is 12.2. The highest BCUT2D eigenvalue weighted by Gasteiger charge is 2.26. The summed E-state index contributed by atoms with van der Waals surface area (Å²) in [6.07, 6.45) is 0. The Morgan fingerprint density at radius 1 is 1.33 bits per heavy atom. The van der Waals surface area contributed by atoms with E-state index in [0.717, 1.165) is 5.39 Å². The first kappa shape index (κ1) is 12.7. The average molecular weight is 246 g/mol. The fourth-order valence-electron chi connectivity index (χ4n) is 1.79. The number of hydrogen-bond donors (Lipinski definition) is 0. The molecular weight excluding hydrogens is 228 g/mol. The van der Waals surface area contributed by atoms with Gasteiger partial charge in [-0.3, -0.25) is 4.79 Å². The molecule has 0 radical (unpaired) electrons. The fourth-order valence-corrected chi connectivity index (χ4v) is 1.79. The van der Waals surface area contributed by atoms with Crippen LogP contribution in [0.4, 0.5) is 0 Å². The second-order valence-corrected chi connectivity index (χ2v) is 5.30. The van der Waals surface area contributed by atoms with Gasteiger partial charge in [0.15, 0.2) is 17.1 Å². The first-order chi connectivity index (χ1) is 8.43. The second-order valence-electron chi connectivity index (χ2n) is 5.30. The standard InChI is InChI=1S/C15H18O3/c1-5-17-11-8-6-7-10-9-12(18-13(10)11)14(16)15(2,3)4/h6-9H,5H2,1-4H3. The highest BCUT2D eigenvalue weighted by atomic mass is 16.5. The third kappa shape index (κ3) is 2.26. The molecule has 1 heterocycles. The van der Waals surface area contributed by atoms with Crippen LogP contribution in [-0.4, -0.2) is 12.4 Å². The van der Waals surface area contributed by atoms with Gasteiger partial charge in [-0.1, -0.05) is 32.9 Å². The van der Waals surface area contributed by atoms with Crippen molar-refractivity contribution in [3.63, 3.8) is 0 Å². The van der Waals surface area contributed by atoms with Crippen LogP contribution in [0.25, 0.3) is 11.0 Å². The fraction of sp³-hybridized carbons (Fsp3) is 0.400. The molecule has 0 aliphatic heterocycles. The van der Waals surface area contributed by atoms with Crippen LogP contribution < -0.4 is 4.74 Å².